The standard InChI is InChI=1S/C29H31N5O4/c1-17(18-6-7-18)37-29(35)32-20-10-8-19(9-11-20)27-26(30)23-13-12-22(16-24(23)34(27)21-4-3-5-21)38-28-31-15-14-25(33-28)36-2/h8-18,21H,3-7,30H2,1-2H3,(H,32,35)/t17-/m1/s1. The third kappa shape index (κ3) is 4.71. The van der Waals surface area contributed by atoms with Gasteiger partial charge in [0, 0.05) is 41.0 Å². The summed E-state index contributed by atoms with van der Waals surface area (Å²) in [5.41, 5.74) is 11.1. The zero-order chi connectivity index (χ0) is 26.2. The number of rotatable bonds is 8. The number of nitrogen functional groups attached to an aromatic ring is 1. The van der Waals surface area contributed by atoms with Crippen molar-refractivity contribution in [1.29, 1.82) is 0 Å². The number of aromatic nitrogens is 3. The number of methoxy groups -OCH3 is 1. The first-order chi connectivity index (χ1) is 18.5. The average Bonchev–Trinajstić information content (AvgIpc) is 3.70. The van der Waals surface area contributed by atoms with E-state index in [9.17, 15) is 4.79 Å². The van der Waals surface area contributed by atoms with Crippen molar-refractivity contribution in [1.82, 2.24) is 14.5 Å². The van der Waals surface area contributed by atoms with Crippen LogP contribution >= 0.6 is 0 Å². The van der Waals surface area contributed by atoms with Crippen LogP contribution in [0.4, 0.5) is 16.2 Å². The van der Waals surface area contributed by atoms with Crippen molar-refractivity contribution < 1.29 is 19.0 Å². The van der Waals surface area contributed by atoms with Crippen molar-refractivity contribution in [2.75, 3.05) is 18.2 Å². The number of nitrogens with zero attached hydrogens (tertiary/aromatic N) is 3. The quantitative estimate of drug-likeness (QED) is 0.274. The number of carbonyl (C=O) groups is 1. The Kier molecular flexibility index (Phi) is 6.27. The first-order valence-corrected chi connectivity index (χ1v) is 13.1. The Morgan fingerprint density at radius 3 is 2.58 bits per heavy atom. The number of amides is 1. The van der Waals surface area contributed by atoms with Gasteiger partial charge in [-0.25, -0.2) is 9.78 Å². The summed E-state index contributed by atoms with van der Waals surface area (Å²) in [5.74, 6) is 1.55. The van der Waals surface area contributed by atoms with E-state index < -0.39 is 6.09 Å². The molecule has 196 valence electrons. The van der Waals surface area contributed by atoms with Gasteiger partial charge in [-0.1, -0.05) is 12.1 Å². The van der Waals surface area contributed by atoms with Crippen molar-refractivity contribution >= 4 is 28.4 Å². The van der Waals surface area contributed by atoms with Gasteiger partial charge in [0.15, 0.2) is 0 Å². The van der Waals surface area contributed by atoms with Crippen LogP contribution in [0.2, 0.25) is 0 Å². The minimum Gasteiger partial charge on any atom is -0.481 e. The molecule has 2 fully saturated rings. The van der Waals surface area contributed by atoms with Crippen LogP contribution in [0.25, 0.3) is 22.2 Å². The molecule has 1 amide bonds. The molecule has 9 nitrogen and oxygen atoms in total. The summed E-state index contributed by atoms with van der Waals surface area (Å²) in [6.45, 7) is 1.95. The first kappa shape index (κ1) is 24.1. The number of hydrogen-bond donors (Lipinski definition) is 2. The lowest BCUT2D eigenvalue weighted by Crippen LogP contribution is -2.21. The Labute approximate surface area is 220 Å². The third-order valence-corrected chi connectivity index (χ3v) is 7.46. The number of anilines is 2. The molecule has 3 N–H and O–H groups in total. The molecule has 2 aliphatic rings. The van der Waals surface area contributed by atoms with E-state index in [-0.39, 0.29) is 12.1 Å². The molecular formula is C29H31N5O4. The molecule has 0 saturated heterocycles. The van der Waals surface area contributed by atoms with Gasteiger partial charge < -0.3 is 24.5 Å². The Hall–Kier alpha value is -4.27. The maximum absolute atomic E-state index is 12.3. The molecule has 0 bridgehead atoms. The molecule has 0 radical (unpaired) electrons. The number of fused-ring (bicyclic) bond motifs is 1. The highest BCUT2D eigenvalue weighted by molar-refractivity contribution is 6.01. The molecule has 6 rings (SSSR count). The molecule has 2 saturated carbocycles. The minimum atomic E-state index is -0.423. The van der Waals surface area contributed by atoms with Crippen LogP contribution in [0.3, 0.4) is 0 Å². The van der Waals surface area contributed by atoms with Gasteiger partial charge in [0.05, 0.1) is 24.0 Å². The van der Waals surface area contributed by atoms with Crippen molar-refractivity contribution in [2.24, 2.45) is 5.92 Å². The number of nitrogens with two attached hydrogens (primary N) is 1. The first-order valence-electron chi connectivity index (χ1n) is 13.1. The Bertz CT molecular complexity index is 1470. The average molecular weight is 514 g/mol. The van der Waals surface area contributed by atoms with Crippen LogP contribution in [0, 0.1) is 5.92 Å². The van der Waals surface area contributed by atoms with Gasteiger partial charge in [-0.05, 0) is 69.2 Å². The van der Waals surface area contributed by atoms with Crippen LogP contribution in [0.1, 0.15) is 45.1 Å². The van der Waals surface area contributed by atoms with Gasteiger partial charge in [-0.3, -0.25) is 5.32 Å². The van der Waals surface area contributed by atoms with E-state index in [0.717, 1.165) is 53.5 Å². The molecule has 2 heterocycles. The van der Waals surface area contributed by atoms with Gasteiger partial charge in [-0.2, -0.15) is 4.98 Å². The third-order valence-electron chi connectivity index (χ3n) is 7.46. The van der Waals surface area contributed by atoms with Crippen LogP contribution < -0.4 is 20.5 Å². The lowest BCUT2D eigenvalue weighted by Gasteiger charge is -2.30. The van der Waals surface area contributed by atoms with E-state index in [1.54, 1.807) is 19.4 Å². The summed E-state index contributed by atoms with van der Waals surface area (Å²) in [4.78, 5) is 20.7. The molecule has 2 aliphatic carbocycles. The van der Waals surface area contributed by atoms with Crippen LogP contribution in [0.15, 0.2) is 54.7 Å². The second kappa shape index (κ2) is 9.89. The number of benzene rings is 2. The van der Waals surface area contributed by atoms with Crippen molar-refractivity contribution in [3.63, 3.8) is 0 Å². The van der Waals surface area contributed by atoms with Gasteiger partial charge in [0.25, 0.3) is 0 Å². The Morgan fingerprint density at radius 2 is 1.89 bits per heavy atom. The summed E-state index contributed by atoms with van der Waals surface area (Å²) in [6.07, 6.45) is 6.73. The molecule has 0 spiro atoms. The normalized spacial score (nSPS) is 16.1. The van der Waals surface area contributed by atoms with Gasteiger partial charge in [0.2, 0.25) is 5.88 Å². The fourth-order valence-corrected chi connectivity index (χ4v) is 4.98. The van der Waals surface area contributed by atoms with Gasteiger partial charge in [0.1, 0.15) is 11.9 Å². The number of ether oxygens (including phenoxy) is 3. The lowest BCUT2D eigenvalue weighted by molar-refractivity contribution is 0.108. The van der Waals surface area contributed by atoms with Crippen molar-refractivity contribution in [3.05, 3.63) is 54.7 Å². The predicted octanol–water partition coefficient (Wildman–Crippen LogP) is 6.55. The number of carbonyl (C=O) groups excluding carboxylic acids is 1. The number of hydrogen-bond acceptors (Lipinski definition) is 7. The molecule has 9 heteroatoms. The zero-order valence-corrected chi connectivity index (χ0v) is 21.5. The second-order valence-corrected chi connectivity index (χ2v) is 10.0. The minimum absolute atomic E-state index is 0.0587. The van der Waals surface area contributed by atoms with Gasteiger partial charge >= 0.3 is 12.1 Å². The summed E-state index contributed by atoms with van der Waals surface area (Å²) >= 11 is 0. The molecule has 38 heavy (non-hydrogen) atoms. The second-order valence-electron chi connectivity index (χ2n) is 10.0. The summed E-state index contributed by atoms with van der Waals surface area (Å²) < 4.78 is 19.0. The molecule has 0 unspecified atom stereocenters. The van der Waals surface area contributed by atoms with E-state index in [1.807, 2.05) is 49.4 Å². The van der Waals surface area contributed by atoms with Crippen LogP contribution in [-0.4, -0.2) is 33.8 Å². The fraction of sp³-hybridized carbons (Fsp3) is 0.345. The largest absolute Gasteiger partial charge is 0.481 e. The molecule has 1 atom stereocenters. The van der Waals surface area contributed by atoms with Crippen LogP contribution in [0.5, 0.6) is 17.6 Å². The Balaban J connectivity index is 1.30. The smallest absolute Gasteiger partial charge is 0.411 e. The van der Waals surface area contributed by atoms with Gasteiger partial charge in [-0.15, -0.1) is 0 Å². The molecular weight excluding hydrogens is 482 g/mol. The van der Waals surface area contributed by atoms with Crippen LogP contribution in [-0.2, 0) is 4.74 Å². The molecule has 4 aromatic rings. The summed E-state index contributed by atoms with van der Waals surface area (Å²) in [5, 5.41) is 3.80. The highest BCUT2D eigenvalue weighted by Crippen LogP contribution is 2.45. The lowest BCUT2D eigenvalue weighted by atomic mass is 9.92. The fourth-order valence-electron chi connectivity index (χ4n) is 4.98. The van der Waals surface area contributed by atoms with E-state index in [0.29, 0.717) is 29.3 Å². The zero-order valence-electron chi connectivity index (χ0n) is 21.5. The topological polar surface area (TPSA) is 114 Å². The Morgan fingerprint density at radius 1 is 1.11 bits per heavy atom. The van der Waals surface area contributed by atoms with E-state index in [2.05, 4.69) is 19.9 Å². The maximum atomic E-state index is 12.3. The summed E-state index contributed by atoms with van der Waals surface area (Å²) in [7, 11) is 1.55. The van der Waals surface area contributed by atoms with E-state index >= 15 is 0 Å². The maximum Gasteiger partial charge on any atom is 0.411 e. The predicted molar refractivity (Wildman–Crippen MR) is 146 cm³/mol. The van der Waals surface area contributed by atoms with Crippen molar-refractivity contribution in [3.8, 4) is 28.9 Å². The van der Waals surface area contributed by atoms with Crippen molar-refractivity contribution in [2.45, 2.75) is 51.2 Å². The molecule has 2 aromatic heterocycles. The SMILES string of the molecule is COc1ccnc(Oc2ccc3c(N)c(-c4ccc(NC(=O)O[C@H](C)C5CC5)cc4)n(C4CCC4)c3c2)n1. The molecule has 2 aromatic carbocycles. The highest BCUT2D eigenvalue weighted by atomic mass is 16.6. The molecule has 0 aliphatic heterocycles. The van der Waals surface area contributed by atoms with E-state index in [4.69, 9.17) is 19.9 Å². The monoisotopic (exact) mass is 513 g/mol. The summed E-state index contributed by atoms with van der Waals surface area (Å²) in [6, 6.07) is 15.8. The highest BCUT2D eigenvalue weighted by Gasteiger charge is 2.31. The number of nitrogens with one attached hydrogen (secondary N) is 1. The van der Waals surface area contributed by atoms with E-state index in [1.165, 1.54) is 6.42 Å².